The number of hydrogen-bond acceptors (Lipinski definition) is 3. The zero-order valence-electron chi connectivity index (χ0n) is 10.9. The van der Waals surface area contributed by atoms with Crippen LogP contribution < -0.4 is 4.90 Å². The molecule has 0 bridgehead atoms. The van der Waals surface area contributed by atoms with Crippen molar-refractivity contribution in [2.24, 2.45) is 0 Å². The van der Waals surface area contributed by atoms with Crippen molar-refractivity contribution in [2.45, 2.75) is 20.3 Å². The number of benzene rings is 1. The first-order chi connectivity index (χ1) is 8.81. The highest BCUT2D eigenvalue weighted by Crippen LogP contribution is 2.21. The van der Waals surface area contributed by atoms with Crippen molar-refractivity contribution in [1.29, 1.82) is 5.26 Å². The van der Waals surface area contributed by atoms with Gasteiger partial charge < -0.3 is 9.64 Å². The maximum Gasteiger partial charge on any atom is 0.146 e. The van der Waals surface area contributed by atoms with E-state index < -0.39 is 0 Å². The van der Waals surface area contributed by atoms with E-state index in [1.807, 2.05) is 24.8 Å². The van der Waals surface area contributed by atoms with Crippen LogP contribution in [0.25, 0.3) is 0 Å². The number of ether oxygens (including phenoxy) is 1. The summed E-state index contributed by atoms with van der Waals surface area (Å²) in [6, 6.07) is 6.99. The zero-order valence-corrected chi connectivity index (χ0v) is 10.9. The fourth-order valence-corrected chi connectivity index (χ4v) is 1.81. The molecule has 1 aromatic rings. The third-order valence-corrected chi connectivity index (χ3v) is 2.65. The smallest absolute Gasteiger partial charge is 0.146 e. The molecule has 18 heavy (non-hydrogen) atoms. The summed E-state index contributed by atoms with van der Waals surface area (Å²) < 4.78 is 19.0. The van der Waals surface area contributed by atoms with E-state index in [9.17, 15) is 4.39 Å². The topological polar surface area (TPSA) is 36.3 Å². The predicted molar refractivity (Wildman–Crippen MR) is 70.1 cm³/mol. The number of anilines is 1. The molecule has 0 N–H and O–H groups in total. The van der Waals surface area contributed by atoms with Crippen LogP contribution in [0.3, 0.4) is 0 Å². The molecule has 1 saturated heterocycles. The number of hydrogen-bond donors (Lipinski definition) is 0. The van der Waals surface area contributed by atoms with Gasteiger partial charge in [-0.15, -0.1) is 0 Å². The van der Waals surface area contributed by atoms with Gasteiger partial charge in [0.1, 0.15) is 5.82 Å². The van der Waals surface area contributed by atoms with Crippen LogP contribution >= 0.6 is 0 Å². The fourth-order valence-electron chi connectivity index (χ4n) is 1.81. The highest BCUT2D eigenvalue weighted by molar-refractivity contribution is 5.49. The van der Waals surface area contributed by atoms with Gasteiger partial charge in [0, 0.05) is 13.1 Å². The summed E-state index contributed by atoms with van der Waals surface area (Å²) in [4.78, 5) is 1.97. The molecule has 1 aliphatic heterocycles. The van der Waals surface area contributed by atoms with E-state index >= 15 is 0 Å². The van der Waals surface area contributed by atoms with Crippen molar-refractivity contribution in [3.05, 3.63) is 29.6 Å². The van der Waals surface area contributed by atoms with Crippen molar-refractivity contribution in [3.63, 3.8) is 0 Å². The SMILES string of the molecule is CC.N#CCc1ccc(N2CCOCC2)c(F)c1. The molecule has 0 saturated carbocycles. The quantitative estimate of drug-likeness (QED) is 0.809. The average Bonchev–Trinajstić information content (AvgIpc) is 2.42. The normalized spacial score (nSPS) is 14.4. The second-order valence-corrected chi connectivity index (χ2v) is 3.72. The molecule has 3 nitrogen and oxygen atoms in total. The van der Waals surface area contributed by atoms with Crippen LogP contribution in [0, 0.1) is 17.1 Å². The molecule has 4 heteroatoms. The summed E-state index contributed by atoms with van der Waals surface area (Å²) in [5, 5.41) is 8.53. The van der Waals surface area contributed by atoms with Gasteiger partial charge in [0.15, 0.2) is 0 Å². The van der Waals surface area contributed by atoms with Crippen molar-refractivity contribution in [1.82, 2.24) is 0 Å². The first-order valence-electron chi connectivity index (χ1n) is 6.29. The number of nitrogens with zero attached hydrogens (tertiary/aromatic N) is 2. The molecule has 0 atom stereocenters. The Kier molecular flexibility index (Phi) is 6.16. The van der Waals surface area contributed by atoms with Crippen molar-refractivity contribution < 1.29 is 9.13 Å². The Bertz CT molecular complexity index is 409. The Balaban J connectivity index is 0.000000771. The van der Waals surface area contributed by atoms with Gasteiger partial charge in [0.2, 0.25) is 0 Å². The molecule has 0 radical (unpaired) electrons. The van der Waals surface area contributed by atoms with Gasteiger partial charge in [-0.25, -0.2) is 4.39 Å². The van der Waals surface area contributed by atoms with Crippen molar-refractivity contribution in [3.8, 4) is 6.07 Å². The van der Waals surface area contributed by atoms with Crippen LogP contribution in [0.1, 0.15) is 19.4 Å². The van der Waals surface area contributed by atoms with Gasteiger partial charge in [0.25, 0.3) is 0 Å². The number of halogens is 1. The monoisotopic (exact) mass is 250 g/mol. The first kappa shape index (κ1) is 14.5. The van der Waals surface area contributed by atoms with Gasteiger partial charge in [-0.1, -0.05) is 19.9 Å². The Morgan fingerprint density at radius 1 is 1.33 bits per heavy atom. The molecule has 0 unspecified atom stereocenters. The molecule has 0 aromatic heterocycles. The van der Waals surface area contributed by atoms with Crippen molar-refractivity contribution >= 4 is 5.69 Å². The molecule has 0 spiro atoms. The maximum absolute atomic E-state index is 13.8. The van der Waals surface area contributed by atoms with Gasteiger partial charge in [-0.2, -0.15) is 5.26 Å². The lowest BCUT2D eigenvalue weighted by molar-refractivity contribution is 0.122. The summed E-state index contributed by atoms with van der Waals surface area (Å²) in [6.07, 6.45) is 0.250. The van der Waals surface area contributed by atoms with Gasteiger partial charge in [-0.05, 0) is 17.7 Å². The summed E-state index contributed by atoms with van der Waals surface area (Å²) >= 11 is 0. The second-order valence-electron chi connectivity index (χ2n) is 3.72. The molecular formula is C14H19FN2O. The summed E-state index contributed by atoms with van der Waals surface area (Å²) in [5.74, 6) is -0.255. The first-order valence-corrected chi connectivity index (χ1v) is 6.29. The number of nitriles is 1. The van der Waals surface area contributed by atoms with E-state index in [2.05, 4.69) is 0 Å². The summed E-state index contributed by atoms with van der Waals surface area (Å²) in [5.41, 5.74) is 1.32. The van der Waals surface area contributed by atoms with E-state index in [4.69, 9.17) is 10.00 Å². The lowest BCUT2D eigenvalue weighted by Gasteiger charge is -2.29. The Morgan fingerprint density at radius 2 is 2.00 bits per heavy atom. The molecule has 1 aliphatic rings. The van der Waals surface area contributed by atoms with Gasteiger partial charge in [-0.3, -0.25) is 0 Å². The van der Waals surface area contributed by atoms with Crippen LogP contribution in [0.2, 0.25) is 0 Å². The van der Waals surface area contributed by atoms with Crippen LogP contribution in [0.5, 0.6) is 0 Å². The largest absolute Gasteiger partial charge is 0.378 e. The Morgan fingerprint density at radius 3 is 2.56 bits per heavy atom. The lowest BCUT2D eigenvalue weighted by Crippen LogP contribution is -2.36. The van der Waals surface area contributed by atoms with Crippen molar-refractivity contribution in [2.75, 3.05) is 31.2 Å². The Labute approximate surface area is 108 Å². The van der Waals surface area contributed by atoms with E-state index in [-0.39, 0.29) is 12.2 Å². The molecule has 98 valence electrons. The molecule has 1 aromatic carbocycles. The van der Waals surface area contributed by atoms with E-state index in [0.717, 1.165) is 5.56 Å². The molecule has 0 amide bonds. The van der Waals surface area contributed by atoms with E-state index in [1.165, 1.54) is 6.07 Å². The molecule has 0 aliphatic carbocycles. The van der Waals surface area contributed by atoms with Gasteiger partial charge in [0.05, 0.1) is 31.4 Å². The third-order valence-electron chi connectivity index (χ3n) is 2.65. The highest BCUT2D eigenvalue weighted by atomic mass is 19.1. The molecular weight excluding hydrogens is 231 g/mol. The van der Waals surface area contributed by atoms with E-state index in [0.29, 0.717) is 32.0 Å². The minimum absolute atomic E-state index is 0.250. The van der Waals surface area contributed by atoms with E-state index in [1.54, 1.807) is 12.1 Å². The van der Waals surface area contributed by atoms with Crippen LogP contribution in [-0.4, -0.2) is 26.3 Å². The van der Waals surface area contributed by atoms with Crippen LogP contribution in [-0.2, 0) is 11.2 Å². The highest BCUT2D eigenvalue weighted by Gasteiger charge is 2.14. The number of rotatable bonds is 2. The average molecular weight is 250 g/mol. The van der Waals surface area contributed by atoms with Crippen LogP contribution in [0.4, 0.5) is 10.1 Å². The predicted octanol–water partition coefficient (Wildman–Crippen LogP) is 2.75. The zero-order chi connectivity index (χ0) is 13.4. The van der Waals surface area contributed by atoms with Gasteiger partial charge >= 0.3 is 0 Å². The standard InChI is InChI=1S/C12H13FN2O.C2H6/c13-11-9-10(3-4-14)1-2-12(11)15-5-7-16-8-6-15;1-2/h1-2,9H,3,5-8H2;1-2H3. The summed E-state index contributed by atoms with van der Waals surface area (Å²) in [7, 11) is 0. The minimum Gasteiger partial charge on any atom is -0.378 e. The summed E-state index contributed by atoms with van der Waals surface area (Å²) in [6.45, 7) is 6.71. The van der Waals surface area contributed by atoms with Crippen LogP contribution in [0.15, 0.2) is 18.2 Å². The lowest BCUT2D eigenvalue weighted by atomic mass is 10.1. The minimum atomic E-state index is -0.255. The number of morpholine rings is 1. The third kappa shape index (κ3) is 3.71. The molecule has 2 rings (SSSR count). The molecule has 1 heterocycles. The second kappa shape index (κ2) is 7.67. The molecule has 1 fully saturated rings. The fraction of sp³-hybridized carbons (Fsp3) is 0.500. The maximum atomic E-state index is 13.8. The Hall–Kier alpha value is -1.60.